The smallest absolute Gasteiger partial charge is 0.313 e. The molecular weight excluding hydrogens is 380 g/mol. The Bertz CT molecular complexity index is 1180. The molecule has 0 unspecified atom stereocenters. The van der Waals surface area contributed by atoms with Crippen LogP contribution in [0.2, 0.25) is 0 Å². The van der Waals surface area contributed by atoms with Crippen LogP contribution in [0.3, 0.4) is 0 Å². The third-order valence-corrected chi connectivity index (χ3v) is 4.71. The normalized spacial score (nSPS) is 11.5. The summed E-state index contributed by atoms with van der Waals surface area (Å²) in [5.74, 6) is -0.00778. The lowest BCUT2D eigenvalue weighted by Gasteiger charge is -2.03. The van der Waals surface area contributed by atoms with Crippen LogP contribution in [-0.2, 0) is 4.79 Å². The number of hydrogen-bond donors (Lipinski definition) is 1. The lowest BCUT2D eigenvalue weighted by Crippen LogP contribution is -2.02. The Balaban J connectivity index is 1.73. The average molecular weight is 394 g/mol. The monoisotopic (exact) mass is 394 g/mol. The van der Waals surface area contributed by atoms with E-state index in [0.29, 0.717) is 22.4 Å². The van der Waals surface area contributed by atoms with Gasteiger partial charge in [-0.1, -0.05) is 23.9 Å². The van der Waals surface area contributed by atoms with Crippen LogP contribution < -0.4 is 0 Å². The molecule has 28 heavy (non-hydrogen) atoms. The number of nitrogens with zero attached hydrogens (tertiary/aromatic N) is 6. The van der Waals surface area contributed by atoms with Gasteiger partial charge in [-0.25, -0.2) is 4.98 Å². The number of para-hydroxylation sites is 2. The highest BCUT2D eigenvalue weighted by Crippen LogP contribution is 2.26. The summed E-state index contributed by atoms with van der Waals surface area (Å²) in [6.45, 7) is 1.80. The van der Waals surface area contributed by atoms with Crippen LogP contribution in [0.25, 0.3) is 22.4 Å². The van der Waals surface area contributed by atoms with Crippen molar-refractivity contribution < 1.29 is 14.3 Å². The van der Waals surface area contributed by atoms with E-state index in [9.17, 15) is 4.79 Å². The lowest BCUT2D eigenvalue weighted by molar-refractivity contribution is -0.133. The zero-order valence-corrected chi connectivity index (χ0v) is 15.5. The first-order valence-corrected chi connectivity index (χ1v) is 9.21. The maximum absolute atomic E-state index is 10.9. The predicted molar refractivity (Wildman–Crippen MR) is 103 cm³/mol. The number of aliphatic carboxylic acids is 1. The van der Waals surface area contributed by atoms with E-state index < -0.39 is 5.97 Å². The van der Waals surface area contributed by atoms with Crippen molar-refractivity contribution in [2.45, 2.75) is 12.1 Å². The minimum absolute atomic E-state index is 0.159. The SMILES string of the molecule is Cc1occc1-c1nnc(SCC(=O)O)n1/N=C\c1cnc2ccccc2n1. The van der Waals surface area contributed by atoms with Gasteiger partial charge in [0.25, 0.3) is 0 Å². The lowest BCUT2D eigenvalue weighted by atomic mass is 10.2. The van der Waals surface area contributed by atoms with Crippen molar-refractivity contribution in [2.24, 2.45) is 5.10 Å². The van der Waals surface area contributed by atoms with Gasteiger partial charge in [0.15, 0.2) is 5.82 Å². The molecule has 0 aliphatic rings. The number of carbonyl (C=O) groups is 1. The van der Waals surface area contributed by atoms with Gasteiger partial charge in [-0.2, -0.15) is 9.78 Å². The van der Waals surface area contributed by atoms with Gasteiger partial charge in [0.05, 0.1) is 41.0 Å². The highest BCUT2D eigenvalue weighted by atomic mass is 32.2. The summed E-state index contributed by atoms with van der Waals surface area (Å²) in [7, 11) is 0. The molecule has 10 heteroatoms. The summed E-state index contributed by atoms with van der Waals surface area (Å²) in [6, 6.07) is 9.29. The standard InChI is InChI=1S/C18H14N6O3S/c1-11-13(6-7-27-11)17-22-23-18(28-10-16(25)26)24(17)20-9-12-8-19-14-4-2-3-5-15(14)21-12/h2-9H,10H2,1H3,(H,25,26)/b20-9-. The van der Waals surface area contributed by atoms with Crippen LogP contribution in [0, 0.1) is 6.92 Å². The molecule has 0 saturated heterocycles. The molecule has 0 aliphatic carbocycles. The van der Waals surface area contributed by atoms with Crippen molar-refractivity contribution in [3.8, 4) is 11.4 Å². The Labute approximate surface area is 163 Å². The summed E-state index contributed by atoms with van der Waals surface area (Å²) in [4.78, 5) is 19.8. The average Bonchev–Trinajstić information content (AvgIpc) is 3.29. The fourth-order valence-electron chi connectivity index (χ4n) is 2.52. The van der Waals surface area contributed by atoms with Gasteiger partial charge in [-0.3, -0.25) is 9.78 Å². The van der Waals surface area contributed by atoms with E-state index in [-0.39, 0.29) is 5.75 Å². The first-order chi connectivity index (χ1) is 13.6. The molecular formula is C18H14N6O3S. The second kappa shape index (κ2) is 7.61. The third-order valence-electron chi connectivity index (χ3n) is 3.81. The van der Waals surface area contributed by atoms with Crippen molar-refractivity contribution in [1.82, 2.24) is 24.8 Å². The zero-order valence-electron chi connectivity index (χ0n) is 14.7. The Kier molecular flexibility index (Phi) is 4.85. The first-order valence-electron chi connectivity index (χ1n) is 8.22. The van der Waals surface area contributed by atoms with Gasteiger partial charge in [0.2, 0.25) is 5.16 Å². The van der Waals surface area contributed by atoms with Gasteiger partial charge < -0.3 is 9.52 Å². The minimum Gasteiger partial charge on any atom is -0.481 e. The number of hydrogen-bond acceptors (Lipinski definition) is 8. The zero-order chi connectivity index (χ0) is 19.5. The van der Waals surface area contributed by atoms with Crippen LogP contribution in [-0.4, -0.2) is 47.9 Å². The van der Waals surface area contributed by atoms with Crippen LogP contribution in [0.15, 0.2) is 57.5 Å². The molecule has 0 saturated carbocycles. The number of carboxylic acids is 1. The van der Waals surface area contributed by atoms with Gasteiger partial charge in [-0.15, -0.1) is 10.2 Å². The number of aromatic nitrogens is 5. The van der Waals surface area contributed by atoms with Gasteiger partial charge >= 0.3 is 5.97 Å². The number of aryl methyl sites for hydroxylation is 1. The number of carboxylic acid groups (broad SMARTS) is 1. The minimum atomic E-state index is -0.954. The van der Waals surface area contributed by atoms with E-state index in [4.69, 9.17) is 9.52 Å². The first kappa shape index (κ1) is 17.9. The van der Waals surface area contributed by atoms with Crippen molar-refractivity contribution in [3.63, 3.8) is 0 Å². The summed E-state index contributed by atoms with van der Waals surface area (Å²) in [5.41, 5.74) is 2.81. The number of benzene rings is 1. The summed E-state index contributed by atoms with van der Waals surface area (Å²) in [6.07, 6.45) is 4.70. The maximum Gasteiger partial charge on any atom is 0.313 e. The molecule has 0 fully saturated rings. The van der Waals surface area contributed by atoms with Crippen molar-refractivity contribution in [1.29, 1.82) is 0 Å². The summed E-state index contributed by atoms with van der Waals surface area (Å²) in [5, 5.41) is 22.0. The largest absolute Gasteiger partial charge is 0.481 e. The van der Waals surface area contributed by atoms with Crippen molar-refractivity contribution in [2.75, 3.05) is 5.75 Å². The van der Waals surface area contributed by atoms with E-state index in [1.165, 1.54) is 10.9 Å². The molecule has 0 atom stereocenters. The fourth-order valence-corrected chi connectivity index (χ4v) is 3.13. The molecule has 9 nitrogen and oxygen atoms in total. The van der Waals surface area contributed by atoms with E-state index in [1.54, 1.807) is 25.5 Å². The molecule has 1 N–H and O–H groups in total. The van der Waals surface area contributed by atoms with Gasteiger partial charge in [-0.05, 0) is 25.1 Å². The van der Waals surface area contributed by atoms with Crippen LogP contribution in [0.1, 0.15) is 11.5 Å². The van der Waals surface area contributed by atoms with Crippen LogP contribution in [0.5, 0.6) is 0 Å². The number of thioether (sulfide) groups is 1. The Morgan fingerprint density at radius 1 is 1.29 bits per heavy atom. The second-order valence-corrected chi connectivity index (χ2v) is 6.66. The quantitative estimate of drug-likeness (QED) is 0.392. The van der Waals surface area contributed by atoms with Gasteiger partial charge in [0, 0.05) is 0 Å². The number of rotatable bonds is 6. The van der Waals surface area contributed by atoms with Crippen molar-refractivity contribution in [3.05, 3.63) is 54.2 Å². The highest BCUT2D eigenvalue weighted by molar-refractivity contribution is 7.99. The molecule has 4 aromatic rings. The topological polar surface area (TPSA) is 119 Å². The van der Waals surface area contributed by atoms with Crippen LogP contribution >= 0.6 is 11.8 Å². The van der Waals surface area contributed by atoms with Crippen molar-refractivity contribution >= 4 is 35.0 Å². The van der Waals surface area contributed by atoms with E-state index in [0.717, 1.165) is 28.4 Å². The molecule has 0 radical (unpaired) electrons. The molecule has 1 aromatic carbocycles. The molecule has 3 aromatic heterocycles. The van der Waals surface area contributed by atoms with E-state index in [1.807, 2.05) is 24.3 Å². The summed E-state index contributed by atoms with van der Waals surface area (Å²) < 4.78 is 6.81. The maximum atomic E-state index is 10.9. The molecule has 140 valence electrons. The molecule has 0 spiro atoms. The molecule has 3 heterocycles. The van der Waals surface area contributed by atoms with E-state index >= 15 is 0 Å². The van der Waals surface area contributed by atoms with E-state index in [2.05, 4.69) is 25.3 Å². The number of fused-ring (bicyclic) bond motifs is 1. The van der Waals surface area contributed by atoms with Gasteiger partial charge in [0.1, 0.15) is 11.5 Å². The van der Waals surface area contributed by atoms with Crippen LogP contribution in [0.4, 0.5) is 0 Å². The third kappa shape index (κ3) is 3.62. The highest BCUT2D eigenvalue weighted by Gasteiger charge is 2.18. The molecule has 0 aliphatic heterocycles. The molecule has 4 rings (SSSR count). The molecule has 0 amide bonds. The summed E-state index contributed by atoms with van der Waals surface area (Å²) >= 11 is 1.03. The second-order valence-electron chi connectivity index (χ2n) is 5.72. The fraction of sp³-hybridized carbons (Fsp3) is 0.111. The number of furan rings is 1. The predicted octanol–water partition coefficient (Wildman–Crippen LogP) is 2.85. The Morgan fingerprint density at radius 2 is 2.11 bits per heavy atom. The Morgan fingerprint density at radius 3 is 2.86 bits per heavy atom. The molecule has 0 bridgehead atoms. The Hall–Kier alpha value is -3.53.